The maximum absolute atomic E-state index is 13.5. The molecule has 33 heavy (non-hydrogen) atoms. The molecule has 168 valence electrons. The highest BCUT2D eigenvalue weighted by atomic mass is 32.2. The van der Waals surface area contributed by atoms with Crippen molar-refractivity contribution in [3.63, 3.8) is 0 Å². The number of hydrogen-bond donors (Lipinski definition) is 2. The average molecular weight is 459 g/mol. The number of nitrogens with zero attached hydrogens (tertiary/aromatic N) is 2. The number of fused-ring (bicyclic) bond motifs is 6. The van der Waals surface area contributed by atoms with Crippen LogP contribution in [-0.4, -0.2) is 31.9 Å². The Morgan fingerprint density at radius 2 is 1.97 bits per heavy atom. The van der Waals surface area contributed by atoms with Crippen LogP contribution in [0.3, 0.4) is 0 Å². The van der Waals surface area contributed by atoms with E-state index < -0.39 is 16.6 Å². The Kier molecular flexibility index (Phi) is 4.51. The van der Waals surface area contributed by atoms with Gasteiger partial charge >= 0.3 is 0 Å². The first-order chi connectivity index (χ1) is 15.8. The number of aryl methyl sites for hydroxylation is 2. The van der Waals surface area contributed by atoms with Gasteiger partial charge in [0.2, 0.25) is 5.91 Å². The van der Waals surface area contributed by atoms with Crippen LogP contribution in [0.4, 0.5) is 5.69 Å². The fraction of sp³-hybridized carbons (Fsp3) is 0.308. The van der Waals surface area contributed by atoms with Crippen molar-refractivity contribution in [2.75, 3.05) is 11.2 Å². The molecule has 1 atom stereocenters. The van der Waals surface area contributed by atoms with Crippen molar-refractivity contribution < 1.29 is 9.35 Å². The van der Waals surface area contributed by atoms with Crippen molar-refractivity contribution in [3.05, 3.63) is 64.8 Å². The van der Waals surface area contributed by atoms with Gasteiger partial charge in [-0.3, -0.25) is 9.89 Å². The lowest BCUT2D eigenvalue weighted by atomic mass is 9.85. The number of amides is 1. The molecule has 0 saturated heterocycles. The van der Waals surface area contributed by atoms with E-state index in [2.05, 4.69) is 27.3 Å². The molecule has 0 spiro atoms. The Balaban J connectivity index is 1.47. The second-order valence-electron chi connectivity index (χ2n) is 9.62. The number of carbonyl (C=O) groups is 1. The Bertz CT molecular complexity index is 1400. The number of anilines is 1. The van der Waals surface area contributed by atoms with E-state index in [1.165, 1.54) is 16.5 Å². The zero-order valence-corrected chi connectivity index (χ0v) is 19.8. The molecule has 2 aromatic heterocycles. The molecule has 2 aliphatic rings. The number of benzene rings is 2. The maximum Gasteiger partial charge on any atom is 0.237 e. The number of aromatic amines is 2. The van der Waals surface area contributed by atoms with E-state index in [0.29, 0.717) is 6.54 Å². The molecular weight excluding hydrogens is 432 g/mol. The summed E-state index contributed by atoms with van der Waals surface area (Å²) in [5, 5.41) is 8.71. The molecule has 0 bridgehead atoms. The van der Waals surface area contributed by atoms with Crippen LogP contribution in [0.1, 0.15) is 42.5 Å². The third kappa shape index (κ3) is 3.06. The number of hydrogen-bond acceptors (Lipinski definition) is 3. The predicted molar refractivity (Wildman–Crippen MR) is 131 cm³/mol. The summed E-state index contributed by atoms with van der Waals surface area (Å²) in [4.78, 5) is 19.8. The molecule has 2 N–H and O–H groups in total. The first-order valence-corrected chi connectivity index (χ1v) is 12.9. The molecule has 6 nitrogen and oxygen atoms in total. The Hall–Kier alpha value is -3.03. The molecule has 4 aromatic rings. The van der Waals surface area contributed by atoms with Crippen LogP contribution >= 0.6 is 0 Å². The topological polar surface area (TPSA) is 87.8 Å². The Labute approximate surface area is 195 Å². The molecule has 6 rings (SSSR count). The van der Waals surface area contributed by atoms with E-state index in [4.69, 9.17) is 0 Å². The lowest BCUT2D eigenvalue weighted by Gasteiger charge is -2.20. The number of aromatic nitrogens is 3. The van der Waals surface area contributed by atoms with Gasteiger partial charge in [0.1, 0.15) is 11.9 Å². The second-order valence-corrected chi connectivity index (χ2v) is 11.0. The first kappa shape index (κ1) is 20.6. The number of H-pyrrole nitrogens is 2. The largest absolute Gasteiger partial charge is 0.612 e. The van der Waals surface area contributed by atoms with Gasteiger partial charge in [-0.2, -0.15) is 5.10 Å². The van der Waals surface area contributed by atoms with Gasteiger partial charge in [-0.1, -0.05) is 12.1 Å². The smallest absolute Gasteiger partial charge is 0.237 e. The van der Waals surface area contributed by atoms with Crippen LogP contribution in [0.2, 0.25) is 0 Å². The third-order valence-electron chi connectivity index (χ3n) is 7.19. The minimum Gasteiger partial charge on any atom is -0.612 e. The van der Waals surface area contributed by atoms with Crippen molar-refractivity contribution >= 4 is 33.7 Å². The molecule has 1 unspecified atom stereocenters. The quantitative estimate of drug-likeness (QED) is 0.440. The van der Waals surface area contributed by atoms with E-state index in [1.807, 2.05) is 49.2 Å². The van der Waals surface area contributed by atoms with E-state index >= 15 is 0 Å². The van der Waals surface area contributed by atoms with Crippen molar-refractivity contribution in [3.8, 4) is 11.4 Å². The van der Waals surface area contributed by atoms with Gasteiger partial charge in [0.25, 0.3) is 0 Å². The van der Waals surface area contributed by atoms with Gasteiger partial charge < -0.3 is 14.4 Å². The molecule has 7 heteroatoms. The van der Waals surface area contributed by atoms with Gasteiger partial charge in [-0.05, 0) is 90.8 Å². The number of nitrogens with one attached hydrogen (secondary N) is 2. The lowest BCUT2D eigenvalue weighted by Crippen LogP contribution is -2.35. The summed E-state index contributed by atoms with van der Waals surface area (Å²) in [5.41, 5.74) is 8.16. The van der Waals surface area contributed by atoms with Crippen LogP contribution in [0.5, 0.6) is 0 Å². The van der Waals surface area contributed by atoms with Gasteiger partial charge in [-0.25, -0.2) is 0 Å². The van der Waals surface area contributed by atoms with E-state index in [9.17, 15) is 9.35 Å². The van der Waals surface area contributed by atoms with Crippen LogP contribution in [-0.2, 0) is 40.8 Å². The average Bonchev–Trinajstić information content (AvgIpc) is 3.41. The SMILES string of the molecule is C[S+]([O-])c1ccc(CN2C(=O)C(C)(C)c3cc4[nH]c5c(c4cc32)CCCc2c[nH]nc2-5)cc1. The summed E-state index contributed by atoms with van der Waals surface area (Å²) in [6.45, 7) is 4.50. The van der Waals surface area contributed by atoms with Gasteiger partial charge in [0.15, 0.2) is 4.90 Å². The van der Waals surface area contributed by atoms with E-state index in [-0.39, 0.29) is 5.91 Å². The Morgan fingerprint density at radius 3 is 2.73 bits per heavy atom. The monoisotopic (exact) mass is 458 g/mol. The molecule has 0 saturated carbocycles. The highest BCUT2D eigenvalue weighted by Gasteiger charge is 2.44. The van der Waals surface area contributed by atoms with Gasteiger partial charge in [0.05, 0.1) is 17.7 Å². The van der Waals surface area contributed by atoms with Crippen LogP contribution < -0.4 is 4.90 Å². The molecule has 0 fully saturated rings. The highest BCUT2D eigenvalue weighted by molar-refractivity contribution is 7.90. The molecule has 1 aliphatic heterocycles. The minimum atomic E-state index is -1.02. The van der Waals surface area contributed by atoms with Crippen molar-refractivity contribution in [1.82, 2.24) is 15.2 Å². The predicted octanol–water partition coefficient (Wildman–Crippen LogP) is 4.61. The van der Waals surface area contributed by atoms with Crippen molar-refractivity contribution in [1.29, 1.82) is 0 Å². The molecule has 0 radical (unpaired) electrons. The lowest BCUT2D eigenvalue weighted by molar-refractivity contribution is -0.122. The van der Waals surface area contributed by atoms with Crippen LogP contribution in [0.25, 0.3) is 22.3 Å². The van der Waals surface area contributed by atoms with Crippen molar-refractivity contribution in [2.24, 2.45) is 0 Å². The van der Waals surface area contributed by atoms with Crippen LogP contribution in [0.15, 0.2) is 47.5 Å². The molecule has 3 heterocycles. The van der Waals surface area contributed by atoms with Crippen molar-refractivity contribution in [2.45, 2.75) is 50.0 Å². The fourth-order valence-electron chi connectivity index (χ4n) is 5.34. The fourth-order valence-corrected chi connectivity index (χ4v) is 5.86. The summed E-state index contributed by atoms with van der Waals surface area (Å²) in [6.07, 6.45) is 6.74. The zero-order chi connectivity index (χ0) is 22.9. The molecule has 1 amide bonds. The normalized spacial score (nSPS) is 17.6. The zero-order valence-electron chi connectivity index (χ0n) is 19.0. The molecule has 2 aromatic carbocycles. The first-order valence-electron chi connectivity index (χ1n) is 11.3. The highest BCUT2D eigenvalue weighted by Crippen LogP contribution is 2.46. The summed E-state index contributed by atoms with van der Waals surface area (Å²) in [7, 11) is 0. The van der Waals surface area contributed by atoms with E-state index in [1.54, 1.807) is 6.26 Å². The van der Waals surface area contributed by atoms with E-state index in [0.717, 1.165) is 57.9 Å². The number of rotatable bonds is 3. The molecular formula is C26H26N4O2S. The van der Waals surface area contributed by atoms with Gasteiger partial charge in [0, 0.05) is 22.8 Å². The minimum absolute atomic E-state index is 0.106. The summed E-state index contributed by atoms with van der Waals surface area (Å²) in [5.74, 6) is 0.106. The summed E-state index contributed by atoms with van der Waals surface area (Å²) < 4.78 is 11.7. The summed E-state index contributed by atoms with van der Waals surface area (Å²) >= 11 is -1.02. The van der Waals surface area contributed by atoms with Crippen LogP contribution in [0, 0.1) is 0 Å². The third-order valence-corrected chi connectivity index (χ3v) is 8.13. The second kappa shape index (κ2) is 7.23. The number of carbonyl (C=O) groups excluding carboxylic acids is 1. The Morgan fingerprint density at radius 1 is 1.18 bits per heavy atom. The standard InChI is InChI=1S/C26H26N4O2S/c1-26(2)20-12-21-19(18-6-4-5-16-13-27-29-23(16)24(18)28-21)11-22(20)30(25(26)31)14-15-7-9-17(10-8-15)33(3)32/h7-13,28H,4-6,14H2,1-3H3,(H,27,29). The summed E-state index contributed by atoms with van der Waals surface area (Å²) in [6, 6.07) is 12.1. The molecule has 1 aliphatic carbocycles. The van der Waals surface area contributed by atoms with Gasteiger partial charge in [-0.15, -0.1) is 0 Å². The maximum atomic E-state index is 13.5.